The van der Waals surface area contributed by atoms with Gasteiger partial charge >= 0.3 is 0 Å². The van der Waals surface area contributed by atoms with Crippen LogP contribution >= 0.6 is 0 Å². The summed E-state index contributed by atoms with van der Waals surface area (Å²) in [4.78, 5) is 9.44. The van der Waals surface area contributed by atoms with Crippen LogP contribution in [0.5, 0.6) is 0 Å². The van der Waals surface area contributed by atoms with Gasteiger partial charge in [0.1, 0.15) is 5.78 Å². The van der Waals surface area contributed by atoms with E-state index >= 15 is 0 Å². The first-order valence-corrected chi connectivity index (χ1v) is 10.0. The molecule has 4 heteroatoms. The van der Waals surface area contributed by atoms with Gasteiger partial charge in [-0.1, -0.05) is 48.7 Å². The Morgan fingerprint density at radius 2 is 1.54 bits per heavy atom. The van der Waals surface area contributed by atoms with Gasteiger partial charge < -0.3 is 22.0 Å². The van der Waals surface area contributed by atoms with Crippen LogP contribution in [-0.4, -0.2) is 25.4 Å². The van der Waals surface area contributed by atoms with Gasteiger partial charge in [-0.2, -0.15) is 0 Å². The molecule has 2 rings (SSSR count). The number of carbonyl (C=O) groups excluding carboxylic acids is 1. The fourth-order valence-corrected chi connectivity index (χ4v) is 3.92. The SMILES string of the molecule is CC(C)=O.Cc1ccccc1.NCCC1CCCCC1(CCN)CCN. The third kappa shape index (κ3) is 10.7. The minimum Gasteiger partial charge on any atom is -0.330 e. The second-order valence-electron chi connectivity index (χ2n) is 7.52. The Hall–Kier alpha value is -1.23. The molecule has 150 valence electrons. The van der Waals surface area contributed by atoms with Crippen molar-refractivity contribution >= 4 is 5.78 Å². The molecule has 0 amide bonds. The summed E-state index contributed by atoms with van der Waals surface area (Å²) >= 11 is 0. The molecule has 4 nitrogen and oxygen atoms in total. The number of hydrogen-bond acceptors (Lipinski definition) is 4. The Morgan fingerprint density at radius 3 is 1.92 bits per heavy atom. The van der Waals surface area contributed by atoms with E-state index in [2.05, 4.69) is 19.1 Å². The van der Waals surface area contributed by atoms with Gasteiger partial charge in [-0.15, -0.1) is 0 Å². The molecule has 0 aromatic heterocycles. The summed E-state index contributed by atoms with van der Waals surface area (Å²) in [6.45, 7) is 7.53. The fourth-order valence-electron chi connectivity index (χ4n) is 3.92. The van der Waals surface area contributed by atoms with E-state index in [0.29, 0.717) is 5.41 Å². The molecular weight excluding hydrogens is 322 g/mol. The lowest BCUT2D eigenvalue weighted by atomic mass is 9.61. The maximum atomic E-state index is 9.44. The number of Topliss-reactive ketones (excluding diaryl/α,β-unsaturated/α-hetero) is 1. The van der Waals surface area contributed by atoms with Crippen molar-refractivity contribution in [2.45, 2.75) is 65.7 Å². The van der Waals surface area contributed by atoms with E-state index in [1.165, 1.54) is 45.1 Å². The second-order valence-corrected chi connectivity index (χ2v) is 7.52. The van der Waals surface area contributed by atoms with E-state index in [4.69, 9.17) is 17.2 Å². The van der Waals surface area contributed by atoms with E-state index in [-0.39, 0.29) is 5.78 Å². The van der Waals surface area contributed by atoms with Crippen LogP contribution in [0.25, 0.3) is 0 Å². The Labute approximate surface area is 160 Å². The van der Waals surface area contributed by atoms with Crippen LogP contribution in [0.2, 0.25) is 0 Å². The van der Waals surface area contributed by atoms with Crippen molar-refractivity contribution < 1.29 is 4.79 Å². The minimum atomic E-state index is 0.167. The highest BCUT2D eigenvalue weighted by Gasteiger charge is 2.38. The molecule has 0 saturated heterocycles. The highest BCUT2D eigenvalue weighted by molar-refractivity contribution is 5.72. The van der Waals surface area contributed by atoms with Crippen molar-refractivity contribution in [2.24, 2.45) is 28.5 Å². The molecule has 0 aliphatic heterocycles. The zero-order valence-corrected chi connectivity index (χ0v) is 17.2. The van der Waals surface area contributed by atoms with Crippen molar-refractivity contribution in [1.82, 2.24) is 0 Å². The topological polar surface area (TPSA) is 95.1 Å². The molecule has 26 heavy (non-hydrogen) atoms. The molecule has 1 fully saturated rings. The van der Waals surface area contributed by atoms with Gasteiger partial charge in [-0.3, -0.25) is 0 Å². The van der Waals surface area contributed by atoms with Gasteiger partial charge in [0.15, 0.2) is 0 Å². The molecule has 0 radical (unpaired) electrons. The lowest BCUT2D eigenvalue weighted by Crippen LogP contribution is -2.38. The molecule has 0 spiro atoms. The smallest absolute Gasteiger partial charge is 0.126 e. The number of ketones is 1. The van der Waals surface area contributed by atoms with E-state index in [1.54, 1.807) is 0 Å². The molecule has 0 heterocycles. The summed E-state index contributed by atoms with van der Waals surface area (Å²) in [5, 5.41) is 0. The van der Waals surface area contributed by atoms with E-state index in [1.807, 2.05) is 18.2 Å². The first-order valence-electron chi connectivity index (χ1n) is 10.0. The monoisotopic (exact) mass is 363 g/mol. The van der Waals surface area contributed by atoms with Crippen LogP contribution in [0, 0.1) is 18.3 Å². The molecule has 1 aliphatic carbocycles. The normalized spacial score (nSPS) is 18.0. The van der Waals surface area contributed by atoms with Crippen LogP contribution in [0.4, 0.5) is 0 Å². The molecule has 1 aliphatic rings. The van der Waals surface area contributed by atoms with Crippen molar-refractivity contribution in [3.63, 3.8) is 0 Å². The number of nitrogens with two attached hydrogens (primary N) is 3. The van der Waals surface area contributed by atoms with Crippen LogP contribution < -0.4 is 17.2 Å². The van der Waals surface area contributed by atoms with Gasteiger partial charge in [0.05, 0.1) is 0 Å². The zero-order chi connectivity index (χ0) is 19.8. The van der Waals surface area contributed by atoms with Crippen molar-refractivity contribution in [2.75, 3.05) is 19.6 Å². The summed E-state index contributed by atoms with van der Waals surface area (Å²) in [6, 6.07) is 10.3. The van der Waals surface area contributed by atoms with Crippen LogP contribution in [-0.2, 0) is 4.79 Å². The van der Waals surface area contributed by atoms with Crippen molar-refractivity contribution in [1.29, 1.82) is 0 Å². The zero-order valence-electron chi connectivity index (χ0n) is 17.2. The second kappa shape index (κ2) is 14.9. The predicted molar refractivity (Wildman–Crippen MR) is 113 cm³/mol. The summed E-state index contributed by atoms with van der Waals surface area (Å²) in [5.41, 5.74) is 19.0. The van der Waals surface area contributed by atoms with Crippen molar-refractivity contribution in [3.8, 4) is 0 Å². The van der Waals surface area contributed by atoms with Gasteiger partial charge in [-0.25, -0.2) is 0 Å². The first kappa shape index (κ1) is 24.8. The summed E-state index contributed by atoms with van der Waals surface area (Å²) in [5.74, 6) is 0.934. The molecule has 1 unspecified atom stereocenters. The third-order valence-corrected chi connectivity index (χ3v) is 5.08. The fraction of sp³-hybridized carbons (Fsp3) is 0.682. The average molecular weight is 364 g/mol. The number of aryl methyl sites for hydroxylation is 1. The van der Waals surface area contributed by atoms with Gasteiger partial charge in [-0.05, 0) is 83.8 Å². The summed E-state index contributed by atoms with van der Waals surface area (Å²) in [6.07, 6.45) is 8.77. The Bertz CT molecular complexity index is 444. The predicted octanol–water partition coefficient (Wildman–Crippen LogP) is 3.80. The van der Waals surface area contributed by atoms with E-state index < -0.39 is 0 Å². The molecule has 1 saturated carbocycles. The van der Waals surface area contributed by atoms with E-state index in [0.717, 1.165) is 44.8 Å². The highest BCUT2D eigenvalue weighted by atomic mass is 16.1. The quantitative estimate of drug-likeness (QED) is 0.716. The highest BCUT2D eigenvalue weighted by Crippen LogP contribution is 2.47. The molecule has 0 bridgehead atoms. The third-order valence-electron chi connectivity index (χ3n) is 5.08. The van der Waals surface area contributed by atoms with E-state index in [9.17, 15) is 4.79 Å². The number of rotatable bonds is 6. The standard InChI is InChI=1S/C12H27N3.C7H8.C3H6O/c13-8-4-11-3-1-2-5-12(11,6-9-14)7-10-15;1-7-5-3-2-4-6-7;1-3(2)4/h11H,1-10,13-15H2;2-6H,1H3;1-2H3. The average Bonchev–Trinajstić information content (AvgIpc) is 2.58. The van der Waals surface area contributed by atoms with Gasteiger partial charge in [0.25, 0.3) is 0 Å². The maximum Gasteiger partial charge on any atom is 0.126 e. The van der Waals surface area contributed by atoms with Crippen LogP contribution in [0.15, 0.2) is 30.3 Å². The Balaban J connectivity index is 0.000000467. The lowest BCUT2D eigenvalue weighted by Gasteiger charge is -2.44. The Kier molecular flexibility index (Phi) is 14.2. The molecular formula is C22H41N3O. The van der Waals surface area contributed by atoms with Crippen LogP contribution in [0.3, 0.4) is 0 Å². The lowest BCUT2D eigenvalue weighted by molar-refractivity contribution is -0.114. The number of benzene rings is 1. The maximum absolute atomic E-state index is 9.44. The minimum absolute atomic E-state index is 0.167. The van der Waals surface area contributed by atoms with Gasteiger partial charge in [0.2, 0.25) is 0 Å². The number of carbonyl (C=O) groups is 1. The van der Waals surface area contributed by atoms with Gasteiger partial charge in [0, 0.05) is 0 Å². The first-order chi connectivity index (χ1) is 12.4. The molecule has 6 N–H and O–H groups in total. The number of hydrogen-bond donors (Lipinski definition) is 3. The van der Waals surface area contributed by atoms with Crippen LogP contribution in [0.1, 0.15) is 64.4 Å². The Morgan fingerprint density at radius 1 is 1.00 bits per heavy atom. The molecule has 1 aromatic carbocycles. The summed E-state index contributed by atoms with van der Waals surface area (Å²) < 4.78 is 0. The summed E-state index contributed by atoms with van der Waals surface area (Å²) in [7, 11) is 0. The molecule has 1 atom stereocenters. The molecule has 1 aromatic rings. The van der Waals surface area contributed by atoms with Crippen molar-refractivity contribution in [3.05, 3.63) is 35.9 Å². The largest absolute Gasteiger partial charge is 0.330 e.